The third-order valence-corrected chi connectivity index (χ3v) is 3.93. The predicted molar refractivity (Wildman–Crippen MR) is 74.3 cm³/mol. The number of fused-ring (bicyclic) bond motifs is 1. The minimum atomic E-state index is 0.169. The van der Waals surface area contributed by atoms with Crippen molar-refractivity contribution >= 4 is 23.1 Å². The summed E-state index contributed by atoms with van der Waals surface area (Å²) < 4.78 is 5.86. The molecule has 0 aliphatic carbocycles. The van der Waals surface area contributed by atoms with Gasteiger partial charge in [0.05, 0.1) is 24.6 Å². The van der Waals surface area contributed by atoms with Gasteiger partial charge in [-0.2, -0.15) is 4.98 Å². The summed E-state index contributed by atoms with van der Waals surface area (Å²) in [6, 6.07) is 0.620. The molecule has 1 aromatic heterocycles. The van der Waals surface area contributed by atoms with E-state index in [1.807, 2.05) is 0 Å². The third-order valence-electron chi connectivity index (χ3n) is 3.75. The summed E-state index contributed by atoms with van der Waals surface area (Å²) in [5.41, 5.74) is 6.29. The van der Waals surface area contributed by atoms with Gasteiger partial charge in [-0.3, -0.25) is 4.90 Å². The summed E-state index contributed by atoms with van der Waals surface area (Å²) in [4.78, 5) is 10.4. The Balaban J connectivity index is 1.56. The van der Waals surface area contributed by atoms with Crippen molar-refractivity contribution in [3.8, 4) is 0 Å². The highest BCUT2D eigenvalue weighted by molar-refractivity contribution is 6.28. The first-order valence-corrected chi connectivity index (χ1v) is 6.97. The standard InChI is InChI=1S/C12H18ClN5O/c13-12-16-5-10(14)11(17-12)15-4-9-6-18-3-1-2-8(18)7-19-9/h5,8-9H,1-4,6-7,14H2,(H,15,16,17). The van der Waals surface area contributed by atoms with Gasteiger partial charge < -0.3 is 15.8 Å². The second-order valence-electron chi connectivity index (χ2n) is 5.07. The lowest BCUT2D eigenvalue weighted by atomic mass is 10.2. The third kappa shape index (κ3) is 2.91. The van der Waals surface area contributed by atoms with E-state index in [9.17, 15) is 0 Å². The maximum absolute atomic E-state index is 5.86. The Morgan fingerprint density at radius 3 is 3.37 bits per heavy atom. The smallest absolute Gasteiger partial charge is 0.224 e. The van der Waals surface area contributed by atoms with Crippen LogP contribution in [0.2, 0.25) is 5.28 Å². The highest BCUT2D eigenvalue weighted by atomic mass is 35.5. The van der Waals surface area contributed by atoms with Crippen LogP contribution >= 0.6 is 11.6 Å². The molecule has 3 rings (SSSR count). The second kappa shape index (κ2) is 5.48. The van der Waals surface area contributed by atoms with E-state index in [0.29, 0.717) is 24.1 Å². The molecular formula is C12H18ClN5O. The molecule has 2 fully saturated rings. The number of morpholine rings is 1. The molecule has 2 aliphatic rings. The zero-order chi connectivity index (χ0) is 13.2. The normalized spacial score (nSPS) is 27.2. The largest absolute Gasteiger partial charge is 0.394 e. The molecule has 3 N–H and O–H groups in total. The maximum Gasteiger partial charge on any atom is 0.224 e. The minimum absolute atomic E-state index is 0.169. The molecule has 2 unspecified atom stereocenters. The van der Waals surface area contributed by atoms with Crippen molar-refractivity contribution in [3.05, 3.63) is 11.5 Å². The van der Waals surface area contributed by atoms with Gasteiger partial charge >= 0.3 is 0 Å². The highest BCUT2D eigenvalue weighted by Gasteiger charge is 2.32. The Kier molecular flexibility index (Phi) is 3.72. The Bertz CT molecular complexity index is 458. The number of ether oxygens (including phenoxy) is 1. The number of rotatable bonds is 3. The SMILES string of the molecule is Nc1cnc(Cl)nc1NCC1CN2CCCC2CO1. The molecule has 104 valence electrons. The summed E-state index contributed by atoms with van der Waals surface area (Å²) in [5.74, 6) is 0.576. The van der Waals surface area contributed by atoms with Crippen LogP contribution in [0.1, 0.15) is 12.8 Å². The Labute approximate surface area is 117 Å². The van der Waals surface area contributed by atoms with Gasteiger partial charge in [-0.25, -0.2) is 4.98 Å². The van der Waals surface area contributed by atoms with E-state index in [1.165, 1.54) is 25.6 Å². The topological polar surface area (TPSA) is 76.3 Å². The van der Waals surface area contributed by atoms with Crippen molar-refractivity contribution in [3.63, 3.8) is 0 Å². The van der Waals surface area contributed by atoms with Crippen LogP contribution in [0.25, 0.3) is 0 Å². The number of nitrogens with two attached hydrogens (primary N) is 1. The zero-order valence-corrected chi connectivity index (χ0v) is 11.4. The fourth-order valence-corrected chi connectivity index (χ4v) is 2.86. The molecule has 2 atom stereocenters. The van der Waals surface area contributed by atoms with Crippen molar-refractivity contribution in [2.75, 3.05) is 37.3 Å². The van der Waals surface area contributed by atoms with Gasteiger partial charge in [-0.15, -0.1) is 0 Å². The molecule has 2 aliphatic heterocycles. The fourth-order valence-electron chi connectivity index (χ4n) is 2.73. The summed E-state index contributed by atoms with van der Waals surface area (Å²) >= 11 is 5.75. The van der Waals surface area contributed by atoms with Crippen LogP contribution in [0.4, 0.5) is 11.5 Å². The van der Waals surface area contributed by atoms with E-state index in [2.05, 4.69) is 20.2 Å². The van der Waals surface area contributed by atoms with E-state index in [-0.39, 0.29) is 11.4 Å². The molecule has 19 heavy (non-hydrogen) atoms. The van der Waals surface area contributed by atoms with Crippen molar-refractivity contribution in [2.45, 2.75) is 25.0 Å². The number of aromatic nitrogens is 2. The van der Waals surface area contributed by atoms with E-state index in [0.717, 1.165) is 13.2 Å². The lowest BCUT2D eigenvalue weighted by molar-refractivity contribution is -0.0415. The first kappa shape index (κ1) is 12.9. The molecule has 0 amide bonds. The van der Waals surface area contributed by atoms with Gasteiger partial charge in [0.15, 0.2) is 5.82 Å². The molecule has 0 aromatic carbocycles. The lowest BCUT2D eigenvalue weighted by Gasteiger charge is -2.35. The van der Waals surface area contributed by atoms with Crippen molar-refractivity contribution < 1.29 is 4.74 Å². The molecule has 7 heteroatoms. The summed E-state index contributed by atoms with van der Waals surface area (Å²) in [6.07, 6.45) is 4.22. The van der Waals surface area contributed by atoms with Gasteiger partial charge in [0.1, 0.15) is 0 Å². The number of anilines is 2. The van der Waals surface area contributed by atoms with Crippen LogP contribution in [-0.2, 0) is 4.74 Å². The Hall–Kier alpha value is -1.11. The maximum atomic E-state index is 5.86. The number of nitrogens with zero attached hydrogens (tertiary/aromatic N) is 3. The quantitative estimate of drug-likeness (QED) is 0.806. The minimum Gasteiger partial charge on any atom is -0.394 e. The van der Waals surface area contributed by atoms with Crippen LogP contribution in [0.5, 0.6) is 0 Å². The summed E-state index contributed by atoms with van der Waals surface area (Å²) in [6.45, 7) is 3.66. The molecule has 0 radical (unpaired) electrons. The van der Waals surface area contributed by atoms with Crippen molar-refractivity contribution in [2.24, 2.45) is 0 Å². The van der Waals surface area contributed by atoms with Gasteiger partial charge in [-0.1, -0.05) is 0 Å². The first-order chi connectivity index (χ1) is 9.22. The molecule has 2 saturated heterocycles. The summed E-state index contributed by atoms with van der Waals surface area (Å²) in [5, 5.41) is 3.39. The van der Waals surface area contributed by atoms with Crippen LogP contribution in [0, 0.1) is 0 Å². The average molecular weight is 284 g/mol. The number of halogens is 1. The van der Waals surface area contributed by atoms with Crippen LogP contribution in [0.3, 0.4) is 0 Å². The molecule has 0 bridgehead atoms. The number of hydrogen-bond acceptors (Lipinski definition) is 6. The van der Waals surface area contributed by atoms with E-state index >= 15 is 0 Å². The van der Waals surface area contributed by atoms with Gasteiger partial charge in [0.25, 0.3) is 0 Å². The van der Waals surface area contributed by atoms with Crippen LogP contribution < -0.4 is 11.1 Å². The summed E-state index contributed by atoms with van der Waals surface area (Å²) in [7, 11) is 0. The highest BCUT2D eigenvalue weighted by Crippen LogP contribution is 2.23. The zero-order valence-electron chi connectivity index (χ0n) is 10.7. The predicted octanol–water partition coefficient (Wildman–Crippen LogP) is 0.987. The first-order valence-electron chi connectivity index (χ1n) is 6.60. The molecule has 1 aromatic rings. The van der Waals surface area contributed by atoms with E-state index < -0.39 is 0 Å². The fraction of sp³-hybridized carbons (Fsp3) is 0.667. The average Bonchev–Trinajstić information content (AvgIpc) is 2.87. The number of nitrogen functional groups attached to an aromatic ring is 1. The van der Waals surface area contributed by atoms with Crippen LogP contribution in [0.15, 0.2) is 6.20 Å². The molecule has 6 nitrogen and oxygen atoms in total. The van der Waals surface area contributed by atoms with E-state index in [1.54, 1.807) is 0 Å². The monoisotopic (exact) mass is 283 g/mol. The second-order valence-corrected chi connectivity index (χ2v) is 5.41. The number of nitrogens with one attached hydrogen (secondary N) is 1. The lowest BCUT2D eigenvalue weighted by Crippen LogP contribution is -2.48. The molecule has 0 spiro atoms. The van der Waals surface area contributed by atoms with Crippen molar-refractivity contribution in [1.82, 2.24) is 14.9 Å². The van der Waals surface area contributed by atoms with Crippen LogP contribution in [-0.4, -0.2) is 53.3 Å². The van der Waals surface area contributed by atoms with Gasteiger partial charge in [-0.05, 0) is 31.0 Å². The molecular weight excluding hydrogens is 266 g/mol. The molecule has 3 heterocycles. The van der Waals surface area contributed by atoms with Crippen molar-refractivity contribution in [1.29, 1.82) is 0 Å². The number of hydrogen-bond donors (Lipinski definition) is 2. The molecule has 0 saturated carbocycles. The Morgan fingerprint density at radius 2 is 2.47 bits per heavy atom. The van der Waals surface area contributed by atoms with Gasteiger partial charge in [0.2, 0.25) is 5.28 Å². The Morgan fingerprint density at radius 1 is 1.58 bits per heavy atom. The van der Waals surface area contributed by atoms with Gasteiger partial charge in [0, 0.05) is 19.1 Å². The van der Waals surface area contributed by atoms with E-state index in [4.69, 9.17) is 22.1 Å².